The van der Waals surface area contributed by atoms with E-state index in [-0.39, 0.29) is 5.91 Å². The predicted octanol–water partition coefficient (Wildman–Crippen LogP) is 0.220. The normalized spacial score (nSPS) is 22.5. The number of amides is 1. The van der Waals surface area contributed by atoms with Gasteiger partial charge in [0.1, 0.15) is 0 Å². The Morgan fingerprint density at radius 2 is 2.54 bits per heavy atom. The van der Waals surface area contributed by atoms with E-state index in [1.165, 1.54) is 0 Å². The van der Waals surface area contributed by atoms with Crippen molar-refractivity contribution in [3.8, 4) is 12.3 Å². The van der Waals surface area contributed by atoms with Crippen LogP contribution in [0, 0.1) is 12.3 Å². The van der Waals surface area contributed by atoms with E-state index in [1.807, 2.05) is 4.90 Å². The molecule has 0 unspecified atom stereocenters. The van der Waals surface area contributed by atoms with Crippen LogP contribution < -0.4 is 5.32 Å². The Morgan fingerprint density at radius 3 is 3.15 bits per heavy atom. The maximum Gasteiger partial charge on any atom is 0.223 e. The number of nitrogens with zero attached hydrogens (tertiary/aromatic N) is 1. The van der Waals surface area contributed by atoms with Crippen LogP contribution in [0.2, 0.25) is 0 Å². The van der Waals surface area contributed by atoms with Crippen molar-refractivity contribution in [1.29, 1.82) is 0 Å². The fourth-order valence-electron chi connectivity index (χ4n) is 1.53. The molecule has 3 heteroatoms. The lowest BCUT2D eigenvalue weighted by molar-refractivity contribution is -0.133. The minimum absolute atomic E-state index is 0.187. The monoisotopic (exact) mass is 180 g/mol. The minimum Gasteiger partial charge on any atom is -0.337 e. The van der Waals surface area contributed by atoms with Crippen LogP contribution in [0.3, 0.4) is 0 Å². The number of carbonyl (C=O) groups excluding carboxylic acids is 1. The number of hydrogen-bond acceptors (Lipinski definition) is 2. The molecule has 1 heterocycles. The van der Waals surface area contributed by atoms with Crippen LogP contribution in [0.1, 0.15) is 19.8 Å². The van der Waals surface area contributed by atoms with Gasteiger partial charge in [0.15, 0.2) is 0 Å². The van der Waals surface area contributed by atoms with Gasteiger partial charge in [-0.25, -0.2) is 0 Å². The number of carbonyl (C=O) groups is 1. The first-order chi connectivity index (χ1) is 6.25. The molecule has 0 aromatic heterocycles. The standard InChI is InChI=1S/C10H16N2O/c1-3-4-5-10(13)12-7-6-11-8-9(12)2/h1,9,11H,4-8H2,2H3/t9-/m1/s1. The number of rotatable bonds is 2. The Kier molecular flexibility index (Phi) is 3.78. The topological polar surface area (TPSA) is 32.3 Å². The molecule has 0 aliphatic carbocycles. The summed E-state index contributed by atoms with van der Waals surface area (Å²) < 4.78 is 0. The SMILES string of the molecule is C#CCCC(=O)N1CCNC[C@H]1C. The lowest BCUT2D eigenvalue weighted by Gasteiger charge is -2.33. The molecule has 1 N–H and O–H groups in total. The molecule has 0 spiro atoms. The van der Waals surface area contributed by atoms with Gasteiger partial charge < -0.3 is 10.2 Å². The van der Waals surface area contributed by atoms with E-state index < -0.39 is 0 Å². The summed E-state index contributed by atoms with van der Waals surface area (Å²) in [7, 11) is 0. The van der Waals surface area contributed by atoms with Crippen molar-refractivity contribution in [2.24, 2.45) is 0 Å². The highest BCUT2D eigenvalue weighted by atomic mass is 16.2. The zero-order valence-electron chi connectivity index (χ0n) is 8.05. The largest absolute Gasteiger partial charge is 0.337 e. The molecule has 72 valence electrons. The molecular weight excluding hydrogens is 164 g/mol. The van der Waals surface area contributed by atoms with Crippen LogP contribution in [-0.4, -0.2) is 36.5 Å². The van der Waals surface area contributed by atoms with Gasteiger partial charge in [-0.1, -0.05) is 0 Å². The second kappa shape index (κ2) is 4.88. The zero-order chi connectivity index (χ0) is 9.68. The van der Waals surface area contributed by atoms with Crippen LogP contribution in [0.25, 0.3) is 0 Å². The molecule has 0 aromatic rings. The highest BCUT2D eigenvalue weighted by Gasteiger charge is 2.21. The van der Waals surface area contributed by atoms with Crippen molar-refractivity contribution in [1.82, 2.24) is 10.2 Å². The molecule has 1 fully saturated rings. The third-order valence-corrected chi connectivity index (χ3v) is 2.30. The zero-order valence-corrected chi connectivity index (χ0v) is 8.05. The Morgan fingerprint density at radius 1 is 1.77 bits per heavy atom. The predicted molar refractivity (Wildman–Crippen MR) is 52.1 cm³/mol. The van der Waals surface area contributed by atoms with Crippen molar-refractivity contribution >= 4 is 5.91 Å². The molecule has 13 heavy (non-hydrogen) atoms. The van der Waals surface area contributed by atoms with E-state index in [2.05, 4.69) is 18.2 Å². The van der Waals surface area contributed by atoms with Crippen molar-refractivity contribution in [2.75, 3.05) is 19.6 Å². The van der Waals surface area contributed by atoms with E-state index in [1.54, 1.807) is 0 Å². The maximum atomic E-state index is 11.6. The Balaban J connectivity index is 2.40. The van der Waals surface area contributed by atoms with Crippen LogP contribution in [0.15, 0.2) is 0 Å². The Bertz CT molecular complexity index is 219. The van der Waals surface area contributed by atoms with Crippen LogP contribution in [-0.2, 0) is 4.79 Å². The van der Waals surface area contributed by atoms with E-state index >= 15 is 0 Å². The molecule has 1 amide bonds. The van der Waals surface area contributed by atoms with E-state index in [9.17, 15) is 4.79 Å². The summed E-state index contributed by atoms with van der Waals surface area (Å²) in [6.45, 7) is 4.65. The van der Waals surface area contributed by atoms with Gasteiger partial charge in [-0.15, -0.1) is 12.3 Å². The lowest BCUT2D eigenvalue weighted by Crippen LogP contribution is -2.52. The van der Waals surface area contributed by atoms with E-state index in [0.29, 0.717) is 18.9 Å². The van der Waals surface area contributed by atoms with Crippen LogP contribution in [0.4, 0.5) is 0 Å². The lowest BCUT2D eigenvalue weighted by atomic mass is 10.2. The quantitative estimate of drug-likeness (QED) is 0.617. The summed E-state index contributed by atoms with van der Waals surface area (Å²) in [5.74, 6) is 2.68. The number of piperazine rings is 1. The van der Waals surface area contributed by atoms with Gasteiger partial charge in [0.25, 0.3) is 0 Å². The van der Waals surface area contributed by atoms with E-state index in [4.69, 9.17) is 6.42 Å². The van der Waals surface area contributed by atoms with Crippen molar-refractivity contribution < 1.29 is 4.79 Å². The average Bonchev–Trinajstić information content (AvgIpc) is 2.15. The first-order valence-corrected chi connectivity index (χ1v) is 4.69. The van der Waals surface area contributed by atoms with E-state index in [0.717, 1.165) is 19.6 Å². The average molecular weight is 180 g/mol. The number of nitrogens with one attached hydrogen (secondary N) is 1. The summed E-state index contributed by atoms with van der Waals surface area (Å²) in [5.41, 5.74) is 0. The summed E-state index contributed by atoms with van der Waals surface area (Å²) in [6, 6.07) is 0.305. The van der Waals surface area contributed by atoms with Gasteiger partial charge in [0.2, 0.25) is 5.91 Å². The molecule has 1 aliphatic rings. The minimum atomic E-state index is 0.187. The van der Waals surface area contributed by atoms with Gasteiger partial charge in [-0.05, 0) is 6.92 Å². The smallest absolute Gasteiger partial charge is 0.223 e. The van der Waals surface area contributed by atoms with Gasteiger partial charge in [0, 0.05) is 38.5 Å². The second-order valence-electron chi connectivity index (χ2n) is 3.34. The second-order valence-corrected chi connectivity index (χ2v) is 3.34. The fraction of sp³-hybridized carbons (Fsp3) is 0.700. The maximum absolute atomic E-state index is 11.6. The van der Waals surface area contributed by atoms with Crippen molar-refractivity contribution in [2.45, 2.75) is 25.8 Å². The van der Waals surface area contributed by atoms with Crippen molar-refractivity contribution in [3.05, 3.63) is 0 Å². The molecule has 1 atom stereocenters. The van der Waals surface area contributed by atoms with Gasteiger partial charge in [-0.2, -0.15) is 0 Å². The first kappa shape index (κ1) is 10.1. The molecule has 1 aliphatic heterocycles. The van der Waals surface area contributed by atoms with Crippen molar-refractivity contribution in [3.63, 3.8) is 0 Å². The summed E-state index contributed by atoms with van der Waals surface area (Å²) in [5, 5.41) is 3.24. The third kappa shape index (κ3) is 2.74. The summed E-state index contributed by atoms with van der Waals surface area (Å²) in [6.07, 6.45) is 6.15. The molecule has 3 nitrogen and oxygen atoms in total. The first-order valence-electron chi connectivity index (χ1n) is 4.69. The highest BCUT2D eigenvalue weighted by molar-refractivity contribution is 5.76. The van der Waals surface area contributed by atoms with Crippen LogP contribution in [0.5, 0.6) is 0 Å². The summed E-state index contributed by atoms with van der Waals surface area (Å²) in [4.78, 5) is 13.5. The molecule has 0 saturated carbocycles. The molecule has 0 aromatic carbocycles. The van der Waals surface area contributed by atoms with Gasteiger partial charge >= 0.3 is 0 Å². The number of hydrogen-bond donors (Lipinski definition) is 1. The van der Waals surface area contributed by atoms with Gasteiger partial charge in [0.05, 0.1) is 0 Å². The molecule has 0 bridgehead atoms. The Hall–Kier alpha value is -1.01. The fourth-order valence-corrected chi connectivity index (χ4v) is 1.53. The molecule has 1 saturated heterocycles. The molecular formula is C10H16N2O. The summed E-state index contributed by atoms with van der Waals surface area (Å²) >= 11 is 0. The molecule has 0 radical (unpaired) electrons. The van der Waals surface area contributed by atoms with Gasteiger partial charge in [-0.3, -0.25) is 4.79 Å². The third-order valence-electron chi connectivity index (χ3n) is 2.30. The number of terminal acetylenes is 1. The molecule has 1 rings (SSSR count). The highest BCUT2D eigenvalue weighted by Crippen LogP contribution is 2.05. The van der Waals surface area contributed by atoms with Crippen LogP contribution >= 0.6 is 0 Å². The Labute approximate surface area is 79.5 Å².